The van der Waals surface area contributed by atoms with Crippen molar-refractivity contribution in [3.05, 3.63) is 35.9 Å². The normalized spacial score (nSPS) is 23.4. The first-order valence-electron chi connectivity index (χ1n) is 8.47. The van der Waals surface area contributed by atoms with Crippen LogP contribution in [-0.2, 0) is 4.79 Å². The van der Waals surface area contributed by atoms with Gasteiger partial charge >= 0.3 is 6.03 Å². The molecule has 134 valence electrons. The first-order valence-corrected chi connectivity index (χ1v) is 8.47. The molecular formula is C18H24N4O3. The lowest BCUT2D eigenvalue weighted by Gasteiger charge is -2.33. The van der Waals surface area contributed by atoms with Crippen LogP contribution in [0.4, 0.5) is 4.79 Å². The van der Waals surface area contributed by atoms with Gasteiger partial charge in [0.1, 0.15) is 0 Å². The van der Waals surface area contributed by atoms with Gasteiger partial charge in [-0.3, -0.25) is 9.59 Å². The number of urea groups is 1. The van der Waals surface area contributed by atoms with Gasteiger partial charge in [-0.25, -0.2) is 4.79 Å². The molecule has 4 amide bonds. The van der Waals surface area contributed by atoms with Crippen LogP contribution in [0.2, 0.25) is 0 Å². The summed E-state index contributed by atoms with van der Waals surface area (Å²) in [6.45, 7) is 2.36. The van der Waals surface area contributed by atoms with Crippen LogP contribution in [0.3, 0.4) is 0 Å². The summed E-state index contributed by atoms with van der Waals surface area (Å²) in [5.41, 5.74) is 0.200. The fraction of sp³-hybridized carbons (Fsp3) is 0.500. The zero-order chi connectivity index (χ0) is 18.0. The predicted molar refractivity (Wildman–Crippen MR) is 93.1 cm³/mol. The molecule has 0 saturated carbocycles. The van der Waals surface area contributed by atoms with Gasteiger partial charge in [0.05, 0.1) is 0 Å². The number of benzene rings is 1. The molecule has 2 heterocycles. The van der Waals surface area contributed by atoms with Gasteiger partial charge < -0.3 is 20.0 Å². The number of rotatable bonds is 1. The van der Waals surface area contributed by atoms with Crippen molar-refractivity contribution < 1.29 is 14.4 Å². The average Bonchev–Trinajstić information content (AvgIpc) is 2.86. The van der Waals surface area contributed by atoms with Crippen molar-refractivity contribution in [3.8, 4) is 0 Å². The maximum Gasteiger partial charge on any atom is 0.319 e. The van der Waals surface area contributed by atoms with Gasteiger partial charge in [-0.05, 0) is 12.1 Å². The number of carbonyl (C=O) groups is 3. The number of amides is 4. The summed E-state index contributed by atoms with van der Waals surface area (Å²) in [4.78, 5) is 42.3. The summed E-state index contributed by atoms with van der Waals surface area (Å²) in [6, 6.07) is 9.04. The minimum Gasteiger partial charge on any atom is -0.355 e. The van der Waals surface area contributed by atoms with Crippen LogP contribution in [0.25, 0.3) is 0 Å². The molecule has 0 bridgehead atoms. The lowest BCUT2D eigenvalue weighted by Crippen LogP contribution is -2.47. The molecule has 0 aliphatic carbocycles. The second-order valence-electron chi connectivity index (χ2n) is 7.14. The summed E-state index contributed by atoms with van der Waals surface area (Å²) in [5, 5.41) is 2.87. The van der Waals surface area contributed by atoms with E-state index in [2.05, 4.69) is 5.32 Å². The van der Waals surface area contributed by atoms with Crippen LogP contribution in [0.5, 0.6) is 0 Å². The van der Waals surface area contributed by atoms with Crippen molar-refractivity contribution in [3.63, 3.8) is 0 Å². The number of nitrogens with zero attached hydrogens (tertiary/aromatic N) is 3. The molecule has 7 nitrogen and oxygen atoms in total. The zero-order valence-corrected chi connectivity index (χ0v) is 14.7. The second-order valence-corrected chi connectivity index (χ2v) is 7.14. The monoisotopic (exact) mass is 344 g/mol. The first-order chi connectivity index (χ1) is 11.9. The Morgan fingerprint density at radius 2 is 1.72 bits per heavy atom. The van der Waals surface area contributed by atoms with Crippen molar-refractivity contribution in [2.45, 2.75) is 6.42 Å². The highest BCUT2D eigenvalue weighted by Gasteiger charge is 2.45. The Morgan fingerprint density at radius 1 is 1.08 bits per heavy atom. The third-order valence-corrected chi connectivity index (χ3v) is 4.85. The van der Waals surface area contributed by atoms with Crippen molar-refractivity contribution in [2.24, 2.45) is 5.41 Å². The van der Waals surface area contributed by atoms with Crippen LogP contribution in [0.15, 0.2) is 30.3 Å². The van der Waals surface area contributed by atoms with Crippen molar-refractivity contribution >= 4 is 17.8 Å². The van der Waals surface area contributed by atoms with Gasteiger partial charge in [0, 0.05) is 64.2 Å². The van der Waals surface area contributed by atoms with Crippen molar-refractivity contribution in [1.82, 2.24) is 20.0 Å². The topological polar surface area (TPSA) is 73.0 Å². The number of hydrogen-bond acceptors (Lipinski definition) is 3. The first kappa shape index (κ1) is 17.3. The van der Waals surface area contributed by atoms with Crippen LogP contribution >= 0.6 is 0 Å². The number of hydrogen-bond donors (Lipinski definition) is 1. The van der Waals surface area contributed by atoms with E-state index in [1.807, 2.05) is 18.2 Å². The standard InChI is InChI=1S/C18H24N4O3/c1-20(2)17(25)22-9-8-21(16(24)14-6-4-3-5-7-14)12-18(13-22)10-15(23)19-11-18/h3-7H,8-13H2,1-2H3,(H,19,23)/t18-/m0/s1. The summed E-state index contributed by atoms with van der Waals surface area (Å²) >= 11 is 0. The Bertz CT molecular complexity index is 676. The molecule has 1 N–H and O–H groups in total. The van der Waals surface area contributed by atoms with Crippen LogP contribution in [0, 0.1) is 5.41 Å². The van der Waals surface area contributed by atoms with E-state index < -0.39 is 5.41 Å². The maximum absolute atomic E-state index is 12.9. The molecule has 2 fully saturated rings. The largest absolute Gasteiger partial charge is 0.355 e. The molecule has 2 saturated heterocycles. The number of carbonyl (C=O) groups excluding carboxylic acids is 3. The van der Waals surface area contributed by atoms with Crippen LogP contribution < -0.4 is 5.32 Å². The fourth-order valence-electron chi connectivity index (χ4n) is 3.62. The Hall–Kier alpha value is -2.57. The van der Waals surface area contributed by atoms with Gasteiger partial charge in [-0.15, -0.1) is 0 Å². The van der Waals surface area contributed by atoms with E-state index in [4.69, 9.17) is 0 Å². The molecule has 1 spiro atoms. The van der Waals surface area contributed by atoms with Crippen LogP contribution in [-0.4, -0.2) is 79.4 Å². The second kappa shape index (κ2) is 6.74. The molecule has 2 aliphatic rings. The molecule has 1 aromatic carbocycles. The predicted octanol–water partition coefficient (Wildman–Crippen LogP) is 0.632. The van der Waals surface area contributed by atoms with Gasteiger partial charge in [-0.1, -0.05) is 18.2 Å². The van der Waals surface area contributed by atoms with Crippen LogP contribution in [0.1, 0.15) is 16.8 Å². The van der Waals surface area contributed by atoms with Crippen molar-refractivity contribution in [2.75, 3.05) is 46.8 Å². The third kappa shape index (κ3) is 3.60. The summed E-state index contributed by atoms with van der Waals surface area (Å²) in [6.07, 6.45) is 0.336. The SMILES string of the molecule is CN(C)C(=O)N1CCN(C(=O)c2ccccc2)C[C@]2(CNC(=O)C2)C1. The van der Waals surface area contributed by atoms with E-state index in [9.17, 15) is 14.4 Å². The minimum absolute atomic E-state index is 0.0220. The van der Waals surface area contributed by atoms with Gasteiger partial charge in [-0.2, -0.15) is 0 Å². The highest BCUT2D eigenvalue weighted by atomic mass is 16.2. The van der Waals surface area contributed by atoms with Gasteiger partial charge in [0.15, 0.2) is 0 Å². The lowest BCUT2D eigenvalue weighted by molar-refractivity contribution is -0.119. The van der Waals surface area contributed by atoms with Gasteiger partial charge in [0.25, 0.3) is 5.91 Å². The Morgan fingerprint density at radius 3 is 2.32 bits per heavy atom. The molecule has 1 atom stereocenters. The molecule has 25 heavy (non-hydrogen) atoms. The molecule has 1 aromatic rings. The lowest BCUT2D eigenvalue weighted by atomic mass is 9.86. The molecule has 3 rings (SSSR count). The quantitative estimate of drug-likeness (QED) is 0.812. The van der Waals surface area contributed by atoms with Crippen molar-refractivity contribution in [1.29, 1.82) is 0 Å². The highest BCUT2D eigenvalue weighted by molar-refractivity contribution is 5.94. The Kier molecular flexibility index (Phi) is 4.65. The zero-order valence-electron chi connectivity index (χ0n) is 14.7. The molecule has 0 aromatic heterocycles. The average molecular weight is 344 g/mol. The van der Waals surface area contributed by atoms with E-state index in [1.165, 1.54) is 4.90 Å². The maximum atomic E-state index is 12.9. The van der Waals surface area contributed by atoms with E-state index in [-0.39, 0.29) is 17.8 Å². The van der Waals surface area contributed by atoms with E-state index >= 15 is 0 Å². The molecule has 2 aliphatic heterocycles. The third-order valence-electron chi connectivity index (χ3n) is 4.85. The minimum atomic E-state index is -0.427. The van der Waals surface area contributed by atoms with Gasteiger partial charge in [0.2, 0.25) is 5.91 Å². The Balaban J connectivity index is 1.86. The molecule has 0 unspecified atom stereocenters. The molecule has 7 heteroatoms. The van der Waals surface area contributed by atoms with E-state index in [0.717, 1.165) is 0 Å². The number of nitrogens with one attached hydrogen (secondary N) is 1. The van der Waals surface area contributed by atoms with E-state index in [0.29, 0.717) is 44.7 Å². The smallest absolute Gasteiger partial charge is 0.319 e. The summed E-state index contributed by atoms with van der Waals surface area (Å²) < 4.78 is 0. The molecular weight excluding hydrogens is 320 g/mol. The summed E-state index contributed by atoms with van der Waals surface area (Å²) in [5.74, 6) is -0.0789. The summed E-state index contributed by atoms with van der Waals surface area (Å²) in [7, 11) is 3.43. The van der Waals surface area contributed by atoms with E-state index in [1.54, 1.807) is 36.0 Å². The molecule has 0 radical (unpaired) electrons. The fourth-order valence-corrected chi connectivity index (χ4v) is 3.62. The highest BCUT2D eigenvalue weighted by Crippen LogP contribution is 2.31. The Labute approximate surface area is 147 Å².